The second-order valence-electron chi connectivity index (χ2n) is 5.17. The SMILES string of the molecule is Nc1ccc(OCc2cccc3ccccc23)cc1C(F)(F)F. The van der Waals surface area contributed by atoms with Crippen molar-refractivity contribution in [1.82, 2.24) is 0 Å². The third-order valence-corrected chi connectivity index (χ3v) is 3.60. The van der Waals surface area contributed by atoms with Crippen molar-refractivity contribution >= 4 is 16.5 Å². The summed E-state index contributed by atoms with van der Waals surface area (Å²) in [5, 5.41) is 2.07. The van der Waals surface area contributed by atoms with E-state index in [2.05, 4.69) is 0 Å². The monoisotopic (exact) mass is 317 g/mol. The summed E-state index contributed by atoms with van der Waals surface area (Å²) in [5.41, 5.74) is 5.10. The molecule has 0 unspecified atom stereocenters. The van der Waals surface area contributed by atoms with Gasteiger partial charge in [-0.2, -0.15) is 13.2 Å². The normalized spacial score (nSPS) is 11.6. The molecule has 0 heterocycles. The molecule has 3 aromatic carbocycles. The van der Waals surface area contributed by atoms with Crippen molar-refractivity contribution in [1.29, 1.82) is 0 Å². The summed E-state index contributed by atoms with van der Waals surface area (Å²) in [7, 11) is 0. The predicted molar refractivity (Wildman–Crippen MR) is 84.1 cm³/mol. The molecule has 3 rings (SSSR count). The fourth-order valence-electron chi connectivity index (χ4n) is 2.45. The molecule has 2 nitrogen and oxygen atoms in total. The highest BCUT2D eigenvalue weighted by Gasteiger charge is 2.33. The summed E-state index contributed by atoms with van der Waals surface area (Å²) in [6, 6.07) is 17.1. The van der Waals surface area contributed by atoms with Crippen molar-refractivity contribution < 1.29 is 17.9 Å². The van der Waals surface area contributed by atoms with Gasteiger partial charge in [-0.05, 0) is 34.5 Å². The molecule has 0 aliphatic carbocycles. The molecular weight excluding hydrogens is 303 g/mol. The molecule has 0 saturated carbocycles. The van der Waals surface area contributed by atoms with Crippen LogP contribution in [0, 0.1) is 0 Å². The minimum atomic E-state index is -4.50. The Morgan fingerprint density at radius 2 is 1.65 bits per heavy atom. The van der Waals surface area contributed by atoms with Gasteiger partial charge >= 0.3 is 6.18 Å². The van der Waals surface area contributed by atoms with Gasteiger partial charge in [-0.25, -0.2) is 0 Å². The van der Waals surface area contributed by atoms with Crippen LogP contribution in [0.3, 0.4) is 0 Å². The van der Waals surface area contributed by atoms with E-state index in [1.54, 1.807) is 0 Å². The molecule has 0 saturated heterocycles. The average molecular weight is 317 g/mol. The third-order valence-electron chi connectivity index (χ3n) is 3.60. The van der Waals surface area contributed by atoms with Crippen LogP contribution in [0.15, 0.2) is 60.7 Å². The van der Waals surface area contributed by atoms with E-state index in [1.165, 1.54) is 12.1 Å². The molecule has 0 fully saturated rings. The number of benzene rings is 3. The van der Waals surface area contributed by atoms with Crippen LogP contribution in [0.2, 0.25) is 0 Å². The van der Waals surface area contributed by atoms with E-state index in [4.69, 9.17) is 10.5 Å². The highest BCUT2D eigenvalue weighted by Crippen LogP contribution is 2.36. The Morgan fingerprint density at radius 3 is 2.43 bits per heavy atom. The lowest BCUT2D eigenvalue weighted by atomic mass is 10.1. The number of anilines is 1. The number of fused-ring (bicyclic) bond motifs is 1. The first-order valence-electron chi connectivity index (χ1n) is 7.01. The van der Waals surface area contributed by atoms with Gasteiger partial charge in [-0.3, -0.25) is 0 Å². The van der Waals surface area contributed by atoms with Crippen LogP contribution in [-0.4, -0.2) is 0 Å². The van der Waals surface area contributed by atoms with E-state index in [0.29, 0.717) is 0 Å². The Hall–Kier alpha value is -2.69. The molecule has 23 heavy (non-hydrogen) atoms. The molecule has 0 atom stereocenters. The predicted octanol–water partition coefficient (Wildman–Crippen LogP) is 5.02. The Morgan fingerprint density at radius 1 is 0.913 bits per heavy atom. The Kier molecular flexibility index (Phi) is 3.86. The molecular formula is C18H14F3NO. The lowest BCUT2D eigenvalue weighted by Crippen LogP contribution is -2.09. The van der Waals surface area contributed by atoms with Crippen LogP contribution in [0.1, 0.15) is 11.1 Å². The molecule has 5 heteroatoms. The molecule has 118 valence electrons. The number of nitrogens with two attached hydrogens (primary N) is 1. The van der Waals surface area contributed by atoms with E-state index in [0.717, 1.165) is 22.4 Å². The van der Waals surface area contributed by atoms with Gasteiger partial charge in [0.25, 0.3) is 0 Å². The summed E-state index contributed by atoms with van der Waals surface area (Å²) in [5.74, 6) is 0.138. The van der Waals surface area contributed by atoms with Gasteiger partial charge in [0.05, 0.1) is 5.56 Å². The van der Waals surface area contributed by atoms with Crippen LogP contribution in [0.4, 0.5) is 18.9 Å². The Labute approximate surface area is 131 Å². The van der Waals surface area contributed by atoms with E-state index in [9.17, 15) is 13.2 Å². The van der Waals surface area contributed by atoms with Crippen LogP contribution < -0.4 is 10.5 Å². The fourth-order valence-corrected chi connectivity index (χ4v) is 2.45. The largest absolute Gasteiger partial charge is 0.489 e. The maximum absolute atomic E-state index is 12.9. The second-order valence-corrected chi connectivity index (χ2v) is 5.17. The average Bonchev–Trinajstić information content (AvgIpc) is 2.53. The van der Waals surface area contributed by atoms with Crippen molar-refractivity contribution in [3.63, 3.8) is 0 Å². The standard InChI is InChI=1S/C18H14F3NO/c19-18(20,21)16-10-14(8-9-17(16)22)23-11-13-6-3-5-12-4-1-2-7-15(12)13/h1-10H,11,22H2. The van der Waals surface area contributed by atoms with Crippen molar-refractivity contribution in [2.45, 2.75) is 12.8 Å². The minimum Gasteiger partial charge on any atom is -0.489 e. The summed E-state index contributed by atoms with van der Waals surface area (Å²) < 4.78 is 44.1. The Balaban J connectivity index is 1.86. The lowest BCUT2D eigenvalue weighted by molar-refractivity contribution is -0.137. The van der Waals surface area contributed by atoms with Gasteiger partial charge < -0.3 is 10.5 Å². The summed E-state index contributed by atoms with van der Waals surface area (Å²) in [6.45, 7) is 0.183. The van der Waals surface area contributed by atoms with Crippen LogP contribution in [0.5, 0.6) is 5.75 Å². The summed E-state index contributed by atoms with van der Waals surface area (Å²) in [6.07, 6.45) is -4.50. The first kappa shape index (κ1) is 15.2. The van der Waals surface area contributed by atoms with E-state index in [-0.39, 0.29) is 18.0 Å². The van der Waals surface area contributed by atoms with Gasteiger partial charge in [0.1, 0.15) is 12.4 Å². The zero-order valence-corrected chi connectivity index (χ0v) is 12.1. The molecule has 0 spiro atoms. The van der Waals surface area contributed by atoms with E-state index in [1.807, 2.05) is 42.5 Å². The molecule has 0 bridgehead atoms. The van der Waals surface area contributed by atoms with Crippen molar-refractivity contribution in [3.8, 4) is 5.75 Å². The third kappa shape index (κ3) is 3.23. The summed E-state index contributed by atoms with van der Waals surface area (Å²) >= 11 is 0. The molecule has 0 aliphatic heterocycles. The van der Waals surface area contributed by atoms with Crippen LogP contribution in [0.25, 0.3) is 10.8 Å². The lowest BCUT2D eigenvalue weighted by Gasteiger charge is -2.13. The first-order valence-corrected chi connectivity index (χ1v) is 7.01. The minimum absolute atomic E-state index is 0.138. The number of rotatable bonds is 3. The van der Waals surface area contributed by atoms with Crippen molar-refractivity contribution in [2.75, 3.05) is 5.73 Å². The molecule has 0 radical (unpaired) electrons. The van der Waals surface area contributed by atoms with Gasteiger partial charge in [0.15, 0.2) is 0 Å². The number of halogens is 3. The Bertz CT molecular complexity index is 838. The number of hydrogen-bond acceptors (Lipinski definition) is 2. The quantitative estimate of drug-likeness (QED) is 0.688. The highest BCUT2D eigenvalue weighted by molar-refractivity contribution is 5.85. The topological polar surface area (TPSA) is 35.2 Å². The number of nitrogen functional groups attached to an aromatic ring is 1. The van der Waals surface area contributed by atoms with Crippen molar-refractivity contribution in [2.24, 2.45) is 0 Å². The van der Waals surface area contributed by atoms with Crippen molar-refractivity contribution in [3.05, 3.63) is 71.8 Å². The first-order chi connectivity index (χ1) is 10.9. The number of alkyl halides is 3. The molecule has 0 amide bonds. The molecule has 3 aromatic rings. The maximum atomic E-state index is 12.9. The number of hydrogen-bond donors (Lipinski definition) is 1. The zero-order chi connectivity index (χ0) is 16.4. The van der Waals surface area contributed by atoms with Crippen LogP contribution >= 0.6 is 0 Å². The van der Waals surface area contributed by atoms with E-state index >= 15 is 0 Å². The van der Waals surface area contributed by atoms with Gasteiger partial charge in [0.2, 0.25) is 0 Å². The summed E-state index contributed by atoms with van der Waals surface area (Å²) in [4.78, 5) is 0. The van der Waals surface area contributed by atoms with E-state index < -0.39 is 11.7 Å². The smallest absolute Gasteiger partial charge is 0.418 e. The fraction of sp³-hybridized carbons (Fsp3) is 0.111. The second kappa shape index (κ2) is 5.83. The van der Waals surface area contributed by atoms with Gasteiger partial charge in [-0.1, -0.05) is 42.5 Å². The van der Waals surface area contributed by atoms with Crippen LogP contribution in [-0.2, 0) is 12.8 Å². The zero-order valence-electron chi connectivity index (χ0n) is 12.1. The highest BCUT2D eigenvalue weighted by atomic mass is 19.4. The molecule has 0 aromatic heterocycles. The molecule has 2 N–H and O–H groups in total. The van der Waals surface area contributed by atoms with Gasteiger partial charge in [-0.15, -0.1) is 0 Å². The van der Waals surface area contributed by atoms with Gasteiger partial charge in [0, 0.05) is 5.69 Å². The number of ether oxygens (including phenoxy) is 1. The molecule has 0 aliphatic rings. The maximum Gasteiger partial charge on any atom is 0.418 e.